The van der Waals surface area contributed by atoms with E-state index in [0.29, 0.717) is 42.6 Å². The van der Waals surface area contributed by atoms with E-state index in [1.54, 1.807) is 25.3 Å². The van der Waals surface area contributed by atoms with Crippen molar-refractivity contribution in [3.63, 3.8) is 0 Å². The molecule has 4 aromatic rings. The van der Waals surface area contributed by atoms with Crippen LogP contribution < -0.4 is 15.4 Å². The number of methoxy groups -OCH3 is 1. The first-order valence-electron chi connectivity index (χ1n) is 13.5. The SMILES string of the molecule is COc1ccc(-c2noc(CN3CCCC(C(=O)Nc4ccccc4C(=O)NCCc4ccccc4)C3)n2)cc1. The summed E-state index contributed by atoms with van der Waals surface area (Å²) >= 11 is 0. The minimum atomic E-state index is -0.216. The maximum Gasteiger partial charge on any atom is 0.253 e. The number of nitrogens with zero attached hydrogens (tertiary/aromatic N) is 3. The predicted molar refractivity (Wildman–Crippen MR) is 152 cm³/mol. The van der Waals surface area contributed by atoms with Gasteiger partial charge < -0.3 is 19.9 Å². The number of aromatic nitrogens is 2. The number of carbonyl (C=O) groups excluding carboxylic acids is 2. The third kappa shape index (κ3) is 6.92. The van der Waals surface area contributed by atoms with Gasteiger partial charge in [0.25, 0.3) is 5.91 Å². The number of anilines is 1. The van der Waals surface area contributed by atoms with Crippen molar-refractivity contribution in [2.24, 2.45) is 5.92 Å². The van der Waals surface area contributed by atoms with E-state index in [9.17, 15) is 9.59 Å². The number of nitrogens with one attached hydrogen (secondary N) is 2. The van der Waals surface area contributed by atoms with Crippen LogP contribution in [-0.4, -0.2) is 53.6 Å². The van der Waals surface area contributed by atoms with Gasteiger partial charge in [-0.3, -0.25) is 14.5 Å². The quantitative estimate of drug-likeness (QED) is 0.304. The van der Waals surface area contributed by atoms with Crippen molar-refractivity contribution in [3.8, 4) is 17.1 Å². The molecular weight excluding hydrogens is 506 g/mol. The maximum absolute atomic E-state index is 13.2. The van der Waals surface area contributed by atoms with E-state index in [1.165, 1.54) is 0 Å². The summed E-state index contributed by atoms with van der Waals surface area (Å²) in [5.41, 5.74) is 2.97. The Morgan fingerprint density at radius 3 is 2.60 bits per heavy atom. The number of ether oxygens (including phenoxy) is 1. The van der Waals surface area contributed by atoms with Gasteiger partial charge in [-0.1, -0.05) is 47.6 Å². The zero-order chi connectivity index (χ0) is 27.7. The van der Waals surface area contributed by atoms with E-state index in [2.05, 4.69) is 25.7 Å². The van der Waals surface area contributed by atoms with Gasteiger partial charge in [-0.15, -0.1) is 0 Å². The highest BCUT2D eigenvalue weighted by atomic mass is 16.5. The van der Waals surface area contributed by atoms with Crippen LogP contribution in [0.4, 0.5) is 5.69 Å². The van der Waals surface area contributed by atoms with Crippen molar-refractivity contribution in [2.75, 3.05) is 32.1 Å². The summed E-state index contributed by atoms with van der Waals surface area (Å²) in [5, 5.41) is 10.1. The summed E-state index contributed by atoms with van der Waals surface area (Å²) in [7, 11) is 1.62. The molecule has 9 nitrogen and oxygen atoms in total. The largest absolute Gasteiger partial charge is 0.497 e. The highest BCUT2D eigenvalue weighted by Crippen LogP contribution is 2.24. The normalized spacial score (nSPS) is 15.4. The molecule has 1 aromatic heterocycles. The molecule has 1 saturated heterocycles. The van der Waals surface area contributed by atoms with E-state index in [-0.39, 0.29) is 17.7 Å². The zero-order valence-electron chi connectivity index (χ0n) is 22.5. The molecule has 9 heteroatoms. The lowest BCUT2D eigenvalue weighted by Gasteiger charge is -2.31. The van der Waals surface area contributed by atoms with Gasteiger partial charge in [0, 0.05) is 18.7 Å². The number of benzene rings is 3. The number of amides is 2. The fourth-order valence-corrected chi connectivity index (χ4v) is 4.87. The van der Waals surface area contributed by atoms with Crippen molar-refractivity contribution in [1.82, 2.24) is 20.4 Å². The molecule has 0 aliphatic carbocycles. The first kappa shape index (κ1) is 27.1. The Kier molecular flexibility index (Phi) is 8.83. The lowest BCUT2D eigenvalue weighted by atomic mass is 9.96. The molecule has 1 aliphatic rings. The molecule has 2 amide bonds. The van der Waals surface area contributed by atoms with Crippen molar-refractivity contribution in [2.45, 2.75) is 25.8 Å². The number of likely N-dealkylation sites (tertiary alicyclic amines) is 1. The Balaban J connectivity index is 1.16. The number of para-hydroxylation sites is 1. The Morgan fingerprint density at radius 1 is 1.02 bits per heavy atom. The van der Waals surface area contributed by atoms with Crippen LogP contribution in [0.15, 0.2) is 83.4 Å². The summed E-state index contributed by atoms with van der Waals surface area (Å²) in [6.07, 6.45) is 2.38. The first-order chi connectivity index (χ1) is 19.6. The monoisotopic (exact) mass is 539 g/mol. The summed E-state index contributed by atoms with van der Waals surface area (Å²) in [4.78, 5) is 32.8. The molecule has 1 fully saturated rings. The predicted octanol–water partition coefficient (Wildman–Crippen LogP) is 4.57. The van der Waals surface area contributed by atoms with Crippen LogP contribution >= 0.6 is 0 Å². The molecule has 2 N–H and O–H groups in total. The minimum absolute atomic E-state index is 0.0984. The summed E-state index contributed by atoms with van der Waals surface area (Å²) in [6, 6.07) is 24.6. The van der Waals surface area contributed by atoms with E-state index < -0.39 is 0 Å². The molecule has 2 heterocycles. The van der Waals surface area contributed by atoms with Crippen molar-refractivity contribution in [3.05, 3.63) is 95.9 Å². The molecule has 0 radical (unpaired) electrons. The van der Waals surface area contributed by atoms with E-state index in [4.69, 9.17) is 9.26 Å². The Bertz CT molecular complexity index is 1420. The fraction of sp³-hybridized carbons (Fsp3) is 0.290. The van der Waals surface area contributed by atoms with E-state index >= 15 is 0 Å². The van der Waals surface area contributed by atoms with Crippen LogP contribution in [0.2, 0.25) is 0 Å². The van der Waals surface area contributed by atoms with Gasteiger partial charge in [-0.2, -0.15) is 4.98 Å². The van der Waals surface area contributed by atoms with Crippen LogP contribution in [0, 0.1) is 5.92 Å². The zero-order valence-corrected chi connectivity index (χ0v) is 22.5. The van der Waals surface area contributed by atoms with Gasteiger partial charge in [0.2, 0.25) is 17.6 Å². The Labute approximate surface area is 233 Å². The number of carbonyl (C=O) groups is 2. The molecule has 3 aromatic carbocycles. The second-order valence-electron chi connectivity index (χ2n) is 9.84. The fourth-order valence-electron chi connectivity index (χ4n) is 4.87. The van der Waals surface area contributed by atoms with Crippen LogP contribution in [-0.2, 0) is 17.8 Å². The third-order valence-corrected chi connectivity index (χ3v) is 7.02. The topological polar surface area (TPSA) is 110 Å². The number of rotatable bonds is 10. The maximum atomic E-state index is 13.2. The Morgan fingerprint density at radius 2 is 1.80 bits per heavy atom. The van der Waals surface area contributed by atoms with Crippen LogP contribution in [0.5, 0.6) is 5.75 Å². The summed E-state index contributed by atoms with van der Waals surface area (Å²) in [6.45, 7) is 2.38. The van der Waals surface area contributed by atoms with Crippen LogP contribution in [0.3, 0.4) is 0 Å². The molecule has 40 heavy (non-hydrogen) atoms. The van der Waals surface area contributed by atoms with Gasteiger partial charge in [0.15, 0.2) is 0 Å². The van der Waals surface area contributed by atoms with Gasteiger partial charge in [-0.05, 0) is 67.8 Å². The molecule has 0 bridgehead atoms. The number of piperidine rings is 1. The average Bonchev–Trinajstić information content (AvgIpc) is 3.46. The smallest absolute Gasteiger partial charge is 0.253 e. The second-order valence-corrected chi connectivity index (χ2v) is 9.84. The van der Waals surface area contributed by atoms with Gasteiger partial charge in [0.05, 0.1) is 30.8 Å². The van der Waals surface area contributed by atoms with E-state index in [1.807, 2.05) is 60.7 Å². The third-order valence-electron chi connectivity index (χ3n) is 7.02. The first-order valence-corrected chi connectivity index (χ1v) is 13.5. The molecule has 1 unspecified atom stereocenters. The van der Waals surface area contributed by atoms with Crippen LogP contribution in [0.1, 0.15) is 34.7 Å². The van der Waals surface area contributed by atoms with E-state index in [0.717, 1.165) is 42.7 Å². The van der Waals surface area contributed by atoms with Gasteiger partial charge >= 0.3 is 0 Å². The standard InChI is InChI=1S/C31H33N5O4/c1-39-25-15-13-23(14-16-25)29-34-28(40-35-29)21-36-19-7-10-24(20-36)30(37)33-27-12-6-5-11-26(27)31(38)32-18-17-22-8-3-2-4-9-22/h2-6,8-9,11-16,24H,7,10,17-21H2,1H3,(H,32,38)(H,33,37). The lowest BCUT2D eigenvalue weighted by molar-refractivity contribution is -0.121. The highest BCUT2D eigenvalue weighted by Gasteiger charge is 2.28. The molecule has 5 rings (SSSR count). The number of hydrogen-bond acceptors (Lipinski definition) is 7. The highest BCUT2D eigenvalue weighted by molar-refractivity contribution is 6.04. The second kappa shape index (κ2) is 13.0. The number of hydrogen-bond donors (Lipinski definition) is 2. The average molecular weight is 540 g/mol. The molecule has 206 valence electrons. The lowest BCUT2D eigenvalue weighted by Crippen LogP contribution is -2.40. The Hall–Kier alpha value is -4.50. The van der Waals surface area contributed by atoms with Gasteiger partial charge in [-0.25, -0.2) is 0 Å². The van der Waals surface area contributed by atoms with Gasteiger partial charge in [0.1, 0.15) is 5.75 Å². The molecule has 1 aliphatic heterocycles. The molecule has 0 saturated carbocycles. The molecule has 0 spiro atoms. The van der Waals surface area contributed by atoms with Crippen molar-refractivity contribution >= 4 is 17.5 Å². The van der Waals surface area contributed by atoms with Crippen LogP contribution in [0.25, 0.3) is 11.4 Å². The summed E-state index contributed by atoms with van der Waals surface area (Å²) in [5.74, 6) is 1.26. The molecular formula is C31H33N5O4. The summed E-state index contributed by atoms with van der Waals surface area (Å²) < 4.78 is 10.7. The molecule has 1 atom stereocenters. The van der Waals surface area contributed by atoms with Crippen molar-refractivity contribution in [1.29, 1.82) is 0 Å². The van der Waals surface area contributed by atoms with Crippen molar-refractivity contribution < 1.29 is 18.8 Å². The minimum Gasteiger partial charge on any atom is -0.497 e.